The monoisotopic (exact) mass is 269 g/mol. The van der Waals surface area contributed by atoms with Gasteiger partial charge in [-0.15, -0.1) is 0 Å². The van der Waals surface area contributed by atoms with Gasteiger partial charge in [0.1, 0.15) is 0 Å². The molecule has 2 atom stereocenters. The molecule has 5 heteroatoms. The van der Waals surface area contributed by atoms with Crippen LogP contribution >= 0.6 is 0 Å². The Morgan fingerprint density at radius 2 is 2.11 bits per heavy atom. The number of carbonyl (C=O) groups excluding carboxylic acids is 2. The van der Waals surface area contributed by atoms with Crippen LogP contribution in [0.5, 0.6) is 0 Å². The van der Waals surface area contributed by atoms with E-state index >= 15 is 0 Å². The van der Waals surface area contributed by atoms with Gasteiger partial charge in [-0.25, -0.2) is 0 Å². The minimum Gasteiger partial charge on any atom is -0.354 e. The fourth-order valence-electron chi connectivity index (χ4n) is 2.23. The highest BCUT2D eigenvalue weighted by atomic mass is 16.2. The molecular weight excluding hydrogens is 242 g/mol. The van der Waals surface area contributed by atoms with Crippen LogP contribution < -0.4 is 10.6 Å². The molecule has 0 bridgehead atoms. The van der Waals surface area contributed by atoms with Gasteiger partial charge in [-0.05, 0) is 31.2 Å². The van der Waals surface area contributed by atoms with Crippen LogP contribution in [0.1, 0.15) is 33.6 Å². The van der Waals surface area contributed by atoms with E-state index in [1.807, 2.05) is 13.8 Å². The third-order valence-electron chi connectivity index (χ3n) is 3.43. The van der Waals surface area contributed by atoms with Crippen LogP contribution in [0.2, 0.25) is 0 Å². The summed E-state index contributed by atoms with van der Waals surface area (Å²) in [5.74, 6) is 0.920. The maximum absolute atomic E-state index is 12.2. The average Bonchev–Trinajstić information content (AvgIpc) is 2.35. The van der Waals surface area contributed by atoms with E-state index in [1.54, 1.807) is 7.05 Å². The van der Waals surface area contributed by atoms with Gasteiger partial charge >= 0.3 is 0 Å². The molecule has 0 radical (unpaired) electrons. The standard InChI is InChI=1S/C14H27N3O2/c1-10(2)8-16-13(18)9-17(4)14(19)12-7-11(3)5-6-15-12/h10-12,15H,5-9H2,1-4H3,(H,16,18). The van der Waals surface area contributed by atoms with Gasteiger partial charge in [0.05, 0.1) is 12.6 Å². The summed E-state index contributed by atoms with van der Waals surface area (Å²) in [6.07, 6.45) is 1.97. The molecule has 1 heterocycles. The minimum atomic E-state index is -0.133. The fourth-order valence-corrected chi connectivity index (χ4v) is 2.23. The molecule has 5 nitrogen and oxygen atoms in total. The van der Waals surface area contributed by atoms with Gasteiger partial charge in [-0.1, -0.05) is 20.8 Å². The molecule has 1 rings (SSSR count). The predicted molar refractivity (Wildman–Crippen MR) is 75.7 cm³/mol. The molecule has 19 heavy (non-hydrogen) atoms. The maximum Gasteiger partial charge on any atom is 0.239 e. The van der Waals surface area contributed by atoms with Crippen LogP contribution in [0.3, 0.4) is 0 Å². The van der Waals surface area contributed by atoms with E-state index < -0.39 is 0 Å². The zero-order chi connectivity index (χ0) is 14.4. The van der Waals surface area contributed by atoms with E-state index in [1.165, 1.54) is 4.90 Å². The van der Waals surface area contributed by atoms with Crippen LogP contribution in [-0.2, 0) is 9.59 Å². The number of hydrogen-bond acceptors (Lipinski definition) is 3. The molecule has 0 aromatic heterocycles. The Labute approximate surface area is 116 Å². The quantitative estimate of drug-likeness (QED) is 0.768. The first kappa shape index (κ1) is 16.0. The first-order valence-corrected chi connectivity index (χ1v) is 7.15. The third-order valence-corrected chi connectivity index (χ3v) is 3.43. The molecule has 0 aliphatic carbocycles. The number of nitrogens with zero attached hydrogens (tertiary/aromatic N) is 1. The second-order valence-corrected chi connectivity index (χ2v) is 6.03. The highest BCUT2D eigenvalue weighted by Crippen LogP contribution is 2.16. The van der Waals surface area contributed by atoms with Crippen molar-refractivity contribution in [2.45, 2.75) is 39.7 Å². The van der Waals surface area contributed by atoms with Crippen molar-refractivity contribution in [3.8, 4) is 0 Å². The van der Waals surface area contributed by atoms with E-state index in [9.17, 15) is 9.59 Å². The lowest BCUT2D eigenvalue weighted by atomic mass is 9.93. The number of nitrogens with one attached hydrogen (secondary N) is 2. The summed E-state index contributed by atoms with van der Waals surface area (Å²) in [6.45, 7) is 7.92. The maximum atomic E-state index is 12.2. The topological polar surface area (TPSA) is 61.4 Å². The number of amides is 2. The molecule has 2 unspecified atom stereocenters. The van der Waals surface area contributed by atoms with Crippen LogP contribution in [0.4, 0.5) is 0 Å². The van der Waals surface area contributed by atoms with E-state index in [2.05, 4.69) is 17.6 Å². The molecule has 1 aliphatic rings. The zero-order valence-corrected chi connectivity index (χ0v) is 12.5. The van der Waals surface area contributed by atoms with Crippen molar-refractivity contribution in [3.05, 3.63) is 0 Å². The Hall–Kier alpha value is -1.10. The summed E-state index contributed by atoms with van der Waals surface area (Å²) in [4.78, 5) is 25.4. The van der Waals surface area contributed by atoms with Gasteiger partial charge < -0.3 is 15.5 Å². The first-order chi connectivity index (χ1) is 8.90. The third kappa shape index (κ3) is 5.59. The van der Waals surface area contributed by atoms with Gasteiger partial charge in [-0.3, -0.25) is 9.59 Å². The zero-order valence-electron chi connectivity index (χ0n) is 12.5. The summed E-state index contributed by atoms with van der Waals surface area (Å²) in [5.41, 5.74) is 0. The predicted octanol–water partition coefficient (Wildman–Crippen LogP) is 0.605. The van der Waals surface area contributed by atoms with Gasteiger partial charge in [0, 0.05) is 13.6 Å². The summed E-state index contributed by atoms with van der Waals surface area (Å²) in [7, 11) is 1.69. The second kappa shape index (κ2) is 7.48. The molecular formula is C14H27N3O2. The molecule has 0 aromatic rings. The highest BCUT2D eigenvalue weighted by molar-refractivity contribution is 5.87. The minimum absolute atomic E-state index is 0.0197. The molecule has 0 aromatic carbocycles. The Morgan fingerprint density at radius 3 is 2.68 bits per heavy atom. The van der Waals surface area contributed by atoms with Crippen LogP contribution in [0.25, 0.3) is 0 Å². The molecule has 0 saturated carbocycles. The number of hydrogen-bond donors (Lipinski definition) is 2. The second-order valence-electron chi connectivity index (χ2n) is 6.03. The van der Waals surface area contributed by atoms with Crippen molar-refractivity contribution in [3.63, 3.8) is 0 Å². The number of carbonyl (C=O) groups is 2. The smallest absolute Gasteiger partial charge is 0.239 e. The number of rotatable bonds is 5. The normalized spacial score (nSPS) is 23.2. The Morgan fingerprint density at radius 1 is 1.42 bits per heavy atom. The van der Waals surface area contributed by atoms with Crippen molar-refractivity contribution in [2.75, 3.05) is 26.7 Å². The molecule has 2 N–H and O–H groups in total. The first-order valence-electron chi connectivity index (χ1n) is 7.15. The Kier molecular flexibility index (Phi) is 6.28. The summed E-state index contributed by atoms with van der Waals surface area (Å²) >= 11 is 0. The number of piperidine rings is 1. The van der Waals surface area contributed by atoms with Crippen molar-refractivity contribution >= 4 is 11.8 Å². The summed E-state index contributed by atoms with van der Waals surface area (Å²) in [5, 5.41) is 6.06. The SMILES string of the molecule is CC(C)CNC(=O)CN(C)C(=O)C1CC(C)CCN1. The molecule has 1 aliphatic heterocycles. The van der Waals surface area contributed by atoms with Crippen molar-refractivity contribution in [2.24, 2.45) is 11.8 Å². The fraction of sp³-hybridized carbons (Fsp3) is 0.857. The van der Waals surface area contributed by atoms with E-state index in [4.69, 9.17) is 0 Å². The lowest BCUT2D eigenvalue weighted by Gasteiger charge is -2.30. The van der Waals surface area contributed by atoms with Crippen LogP contribution in [0.15, 0.2) is 0 Å². The van der Waals surface area contributed by atoms with Crippen molar-refractivity contribution in [1.82, 2.24) is 15.5 Å². The van der Waals surface area contributed by atoms with Crippen molar-refractivity contribution < 1.29 is 9.59 Å². The molecule has 1 saturated heterocycles. The van der Waals surface area contributed by atoms with Crippen molar-refractivity contribution in [1.29, 1.82) is 0 Å². The van der Waals surface area contributed by atoms with E-state index in [-0.39, 0.29) is 24.4 Å². The Bertz CT molecular complexity index is 318. The summed E-state index contributed by atoms with van der Waals surface area (Å²) in [6, 6.07) is -0.133. The van der Waals surface area contributed by atoms with Crippen LogP contribution in [0, 0.1) is 11.8 Å². The highest BCUT2D eigenvalue weighted by Gasteiger charge is 2.27. The van der Waals surface area contributed by atoms with E-state index in [0.717, 1.165) is 19.4 Å². The van der Waals surface area contributed by atoms with Gasteiger partial charge in [0.25, 0.3) is 0 Å². The number of likely N-dealkylation sites (N-methyl/N-ethyl adjacent to an activating group) is 1. The lowest BCUT2D eigenvalue weighted by molar-refractivity contribution is -0.137. The Balaban J connectivity index is 2.37. The van der Waals surface area contributed by atoms with Gasteiger partial charge in [0.15, 0.2) is 0 Å². The molecule has 2 amide bonds. The van der Waals surface area contributed by atoms with Crippen LogP contribution in [-0.4, -0.2) is 49.4 Å². The molecule has 1 fully saturated rings. The van der Waals surface area contributed by atoms with E-state index in [0.29, 0.717) is 18.4 Å². The molecule has 0 spiro atoms. The average molecular weight is 269 g/mol. The summed E-state index contributed by atoms with van der Waals surface area (Å²) < 4.78 is 0. The largest absolute Gasteiger partial charge is 0.354 e. The lowest BCUT2D eigenvalue weighted by Crippen LogP contribution is -2.51. The molecule has 110 valence electrons. The van der Waals surface area contributed by atoms with Gasteiger partial charge in [-0.2, -0.15) is 0 Å². The van der Waals surface area contributed by atoms with Gasteiger partial charge in [0.2, 0.25) is 11.8 Å².